The predicted octanol–water partition coefficient (Wildman–Crippen LogP) is 5.75. The standard InChI is InChI=1S/C24H24Cl2N2O3S/c1-16-11-17(2)24(18(3)12-16)27-23(29)15-28(14-19-9-10-20(25)13-22(19)26)32(30,31)21-7-5-4-6-8-21/h4-13H,14-15H2,1-3H3,(H,27,29). The number of carbonyl (C=O) groups excluding carboxylic acids is 1. The molecule has 0 saturated carbocycles. The van der Waals surface area contributed by atoms with Crippen molar-refractivity contribution >= 4 is 44.8 Å². The second kappa shape index (κ2) is 10.0. The van der Waals surface area contributed by atoms with E-state index in [2.05, 4.69) is 5.32 Å². The zero-order valence-electron chi connectivity index (χ0n) is 18.0. The zero-order chi connectivity index (χ0) is 23.5. The monoisotopic (exact) mass is 490 g/mol. The van der Waals surface area contributed by atoms with Crippen LogP contribution in [0.1, 0.15) is 22.3 Å². The Kier molecular flexibility index (Phi) is 7.62. The topological polar surface area (TPSA) is 66.5 Å². The summed E-state index contributed by atoms with van der Waals surface area (Å²) in [7, 11) is -3.96. The molecule has 0 bridgehead atoms. The first-order valence-corrected chi connectivity index (χ1v) is 12.1. The lowest BCUT2D eigenvalue weighted by Gasteiger charge is -2.23. The van der Waals surface area contributed by atoms with Crippen molar-refractivity contribution in [2.24, 2.45) is 0 Å². The first kappa shape index (κ1) is 24.3. The van der Waals surface area contributed by atoms with Crippen LogP contribution in [-0.2, 0) is 21.4 Å². The van der Waals surface area contributed by atoms with Crippen LogP contribution >= 0.6 is 23.2 Å². The number of benzene rings is 3. The van der Waals surface area contributed by atoms with Gasteiger partial charge in [-0.05, 0) is 61.7 Å². The fourth-order valence-electron chi connectivity index (χ4n) is 3.52. The average Bonchev–Trinajstić information content (AvgIpc) is 2.72. The smallest absolute Gasteiger partial charge is 0.243 e. The number of anilines is 1. The molecule has 0 saturated heterocycles. The minimum absolute atomic E-state index is 0.0769. The summed E-state index contributed by atoms with van der Waals surface area (Å²) in [5, 5.41) is 3.64. The minimum atomic E-state index is -3.96. The van der Waals surface area contributed by atoms with Gasteiger partial charge in [-0.1, -0.05) is 65.2 Å². The van der Waals surface area contributed by atoms with Crippen molar-refractivity contribution < 1.29 is 13.2 Å². The van der Waals surface area contributed by atoms with E-state index in [0.29, 0.717) is 21.3 Å². The number of rotatable bonds is 7. The van der Waals surface area contributed by atoms with Crippen LogP contribution in [0.2, 0.25) is 10.0 Å². The summed E-state index contributed by atoms with van der Waals surface area (Å²) in [6, 6.07) is 16.8. The van der Waals surface area contributed by atoms with E-state index in [1.54, 1.807) is 36.4 Å². The fraction of sp³-hybridized carbons (Fsp3) is 0.208. The highest BCUT2D eigenvalue weighted by atomic mass is 35.5. The molecule has 0 atom stereocenters. The first-order chi connectivity index (χ1) is 15.1. The van der Waals surface area contributed by atoms with Crippen LogP contribution in [0.15, 0.2) is 65.6 Å². The molecule has 168 valence electrons. The summed E-state index contributed by atoms with van der Waals surface area (Å²) < 4.78 is 27.8. The van der Waals surface area contributed by atoms with E-state index >= 15 is 0 Å². The maximum Gasteiger partial charge on any atom is 0.243 e. The van der Waals surface area contributed by atoms with Gasteiger partial charge in [0, 0.05) is 22.3 Å². The summed E-state index contributed by atoms with van der Waals surface area (Å²) in [6.07, 6.45) is 0. The first-order valence-electron chi connectivity index (χ1n) is 9.95. The van der Waals surface area contributed by atoms with Gasteiger partial charge < -0.3 is 5.32 Å². The molecule has 0 radical (unpaired) electrons. The number of nitrogens with one attached hydrogen (secondary N) is 1. The van der Waals surface area contributed by atoms with Gasteiger partial charge in [0.25, 0.3) is 0 Å². The molecule has 1 amide bonds. The van der Waals surface area contributed by atoms with E-state index in [0.717, 1.165) is 21.0 Å². The number of nitrogens with zero attached hydrogens (tertiary/aromatic N) is 1. The number of hydrogen-bond donors (Lipinski definition) is 1. The Balaban J connectivity index is 1.93. The van der Waals surface area contributed by atoms with Crippen LogP contribution in [0.3, 0.4) is 0 Å². The SMILES string of the molecule is Cc1cc(C)c(NC(=O)CN(Cc2ccc(Cl)cc2Cl)S(=O)(=O)c2ccccc2)c(C)c1. The van der Waals surface area contributed by atoms with E-state index in [9.17, 15) is 13.2 Å². The molecule has 0 fully saturated rings. The molecule has 3 aromatic rings. The zero-order valence-corrected chi connectivity index (χ0v) is 20.4. The van der Waals surface area contributed by atoms with Crippen LogP contribution in [0.5, 0.6) is 0 Å². The van der Waals surface area contributed by atoms with Gasteiger partial charge in [-0.25, -0.2) is 8.42 Å². The summed E-state index contributed by atoms with van der Waals surface area (Å²) in [5.74, 6) is -0.440. The Morgan fingerprint density at radius 1 is 0.938 bits per heavy atom. The molecular formula is C24H24Cl2N2O3S. The van der Waals surface area contributed by atoms with Gasteiger partial charge >= 0.3 is 0 Å². The number of sulfonamides is 1. The van der Waals surface area contributed by atoms with Crippen LogP contribution in [0, 0.1) is 20.8 Å². The molecule has 0 spiro atoms. The van der Waals surface area contributed by atoms with E-state index in [4.69, 9.17) is 23.2 Å². The Hall–Kier alpha value is -2.38. The Morgan fingerprint density at radius 2 is 1.56 bits per heavy atom. The number of hydrogen-bond acceptors (Lipinski definition) is 3. The van der Waals surface area contributed by atoms with Gasteiger partial charge in [-0.2, -0.15) is 4.31 Å². The molecule has 5 nitrogen and oxygen atoms in total. The van der Waals surface area contributed by atoms with Crippen molar-refractivity contribution in [2.45, 2.75) is 32.2 Å². The normalized spacial score (nSPS) is 11.6. The van der Waals surface area contributed by atoms with Crippen LogP contribution < -0.4 is 5.32 Å². The van der Waals surface area contributed by atoms with Crippen LogP contribution in [0.25, 0.3) is 0 Å². The number of carbonyl (C=O) groups is 1. The molecule has 0 aromatic heterocycles. The van der Waals surface area contributed by atoms with Gasteiger partial charge in [0.05, 0.1) is 11.4 Å². The molecule has 0 unspecified atom stereocenters. The van der Waals surface area contributed by atoms with Gasteiger partial charge in [0.1, 0.15) is 0 Å². The van der Waals surface area contributed by atoms with Crippen molar-refractivity contribution in [3.63, 3.8) is 0 Å². The predicted molar refractivity (Wildman–Crippen MR) is 130 cm³/mol. The summed E-state index contributed by atoms with van der Waals surface area (Å²) >= 11 is 12.3. The van der Waals surface area contributed by atoms with Gasteiger partial charge in [-0.15, -0.1) is 0 Å². The molecular weight excluding hydrogens is 467 g/mol. The molecule has 8 heteroatoms. The second-order valence-corrected chi connectivity index (χ2v) is 10.4. The molecule has 3 aromatic carbocycles. The van der Waals surface area contributed by atoms with E-state index in [-0.39, 0.29) is 18.0 Å². The number of aryl methyl sites for hydroxylation is 3. The molecule has 0 aliphatic carbocycles. The Bertz CT molecular complexity index is 1220. The third-order valence-corrected chi connectivity index (χ3v) is 7.40. The second-order valence-electron chi connectivity index (χ2n) is 7.64. The van der Waals surface area contributed by atoms with Crippen molar-refractivity contribution in [1.82, 2.24) is 4.31 Å². The van der Waals surface area contributed by atoms with Gasteiger partial charge in [-0.3, -0.25) is 4.79 Å². The maximum absolute atomic E-state index is 13.4. The minimum Gasteiger partial charge on any atom is -0.324 e. The van der Waals surface area contributed by atoms with Crippen molar-refractivity contribution in [2.75, 3.05) is 11.9 Å². The Morgan fingerprint density at radius 3 is 2.16 bits per heavy atom. The highest BCUT2D eigenvalue weighted by Crippen LogP contribution is 2.26. The maximum atomic E-state index is 13.4. The highest BCUT2D eigenvalue weighted by molar-refractivity contribution is 7.89. The van der Waals surface area contributed by atoms with E-state index < -0.39 is 15.9 Å². The largest absolute Gasteiger partial charge is 0.324 e. The van der Waals surface area contributed by atoms with Crippen LogP contribution in [0.4, 0.5) is 5.69 Å². The van der Waals surface area contributed by atoms with Crippen molar-refractivity contribution in [3.05, 3.63) is 93.0 Å². The molecule has 32 heavy (non-hydrogen) atoms. The average molecular weight is 491 g/mol. The number of halogens is 2. The lowest BCUT2D eigenvalue weighted by molar-refractivity contribution is -0.116. The number of amides is 1. The third-order valence-electron chi connectivity index (χ3n) is 5.00. The molecule has 0 heterocycles. The summed E-state index contributed by atoms with van der Waals surface area (Å²) in [5.41, 5.74) is 4.14. The molecule has 0 aliphatic rings. The quantitative estimate of drug-likeness (QED) is 0.458. The van der Waals surface area contributed by atoms with Crippen LogP contribution in [-0.4, -0.2) is 25.2 Å². The van der Waals surface area contributed by atoms with Crippen molar-refractivity contribution in [3.8, 4) is 0 Å². The van der Waals surface area contributed by atoms with Gasteiger partial charge in [0.15, 0.2) is 0 Å². The van der Waals surface area contributed by atoms with Crippen molar-refractivity contribution in [1.29, 1.82) is 0 Å². The van der Waals surface area contributed by atoms with E-state index in [1.807, 2.05) is 32.9 Å². The summed E-state index contributed by atoms with van der Waals surface area (Å²) in [4.78, 5) is 13.0. The Labute approximate surface area is 199 Å². The molecule has 0 aliphatic heterocycles. The van der Waals surface area contributed by atoms with E-state index in [1.165, 1.54) is 12.1 Å². The third kappa shape index (κ3) is 5.70. The lowest BCUT2D eigenvalue weighted by atomic mass is 10.1. The van der Waals surface area contributed by atoms with Gasteiger partial charge in [0.2, 0.25) is 15.9 Å². The lowest BCUT2D eigenvalue weighted by Crippen LogP contribution is -2.37. The molecule has 1 N–H and O–H groups in total. The fourth-order valence-corrected chi connectivity index (χ4v) is 5.39. The summed E-state index contributed by atoms with van der Waals surface area (Å²) in [6.45, 7) is 5.34. The molecule has 3 rings (SSSR count). The highest BCUT2D eigenvalue weighted by Gasteiger charge is 2.28.